The quantitative estimate of drug-likeness (QED) is 0.377. The average Bonchev–Trinajstić information content (AvgIpc) is 2.62. The molecule has 0 unspecified atom stereocenters. The van der Waals surface area contributed by atoms with Gasteiger partial charge in [-0.1, -0.05) is 41.5 Å². The normalized spacial score (nSPS) is 12.7. The second-order valence-electron chi connectivity index (χ2n) is 12.1. The maximum atomic E-state index is 10.1. The summed E-state index contributed by atoms with van der Waals surface area (Å²) in [6, 6.07) is 17.7. The van der Waals surface area contributed by atoms with Crippen LogP contribution in [0, 0.1) is 0 Å². The molecule has 0 saturated carbocycles. The van der Waals surface area contributed by atoms with Crippen molar-refractivity contribution in [1.82, 2.24) is 0 Å². The van der Waals surface area contributed by atoms with Gasteiger partial charge in [0.2, 0.25) is 0 Å². The van der Waals surface area contributed by atoms with Gasteiger partial charge in [-0.25, -0.2) is 0 Å². The fraction of sp³-hybridized carbons (Fsp3) is 0.600. The molecule has 0 radical (unpaired) electrons. The average molecular weight is 552 g/mol. The van der Waals surface area contributed by atoms with E-state index in [9.17, 15) is 10.2 Å². The SMILES string of the molecule is CC(C)(C)[O-].CC(C)(C)[O-].CC(C)c1cccc(C(C)C)c1[N]=[Mo+2]([c]1ccccc1)[C](C)(C)C. The van der Waals surface area contributed by atoms with Crippen LogP contribution in [0.5, 0.6) is 0 Å². The fourth-order valence-electron chi connectivity index (χ4n) is 2.80. The van der Waals surface area contributed by atoms with E-state index in [1.807, 2.05) is 0 Å². The third kappa shape index (κ3) is 15.0. The molecule has 0 fully saturated rings. The summed E-state index contributed by atoms with van der Waals surface area (Å²) in [4.78, 5) is 0. The first-order chi connectivity index (χ1) is 15.2. The van der Waals surface area contributed by atoms with Crippen molar-refractivity contribution in [3.63, 3.8) is 0 Å². The summed E-state index contributed by atoms with van der Waals surface area (Å²) in [5.74, 6) is 0.997. The molecule has 0 aliphatic heterocycles. The van der Waals surface area contributed by atoms with Crippen molar-refractivity contribution in [3.8, 4) is 0 Å². The van der Waals surface area contributed by atoms with Gasteiger partial charge in [0.05, 0.1) is 0 Å². The summed E-state index contributed by atoms with van der Waals surface area (Å²) in [5, 5.41) is 20.2. The van der Waals surface area contributed by atoms with Gasteiger partial charge in [-0.15, -0.1) is 11.2 Å². The number of hydrogen-bond acceptors (Lipinski definition) is 3. The molecule has 3 nitrogen and oxygen atoms in total. The second kappa shape index (κ2) is 13.8. The van der Waals surface area contributed by atoms with E-state index in [2.05, 4.69) is 97.0 Å². The van der Waals surface area contributed by atoms with Crippen LogP contribution in [0.4, 0.5) is 5.69 Å². The third-order valence-electron chi connectivity index (χ3n) is 4.07. The van der Waals surface area contributed by atoms with Crippen LogP contribution in [0.25, 0.3) is 0 Å². The van der Waals surface area contributed by atoms with Crippen LogP contribution in [-0.2, 0) is 17.1 Å². The number of hydrogen-bond donors (Lipinski definition) is 0. The van der Waals surface area contributed by atoms with Crippen LogP contribution < -0.4 is 14.2 Å². The molecule has 0 spiro atoms. The molecule has 192 valence electrons. The molecule has 34 heavy (non-hydrogen) atoms. The van der Waals surface area contributed by atoms with Crippen molar-refractivity contribution < 1.29 is 27.3 Å². The van der Waals surface area contributed by atoms with E-state index in [0.29, 0.717) is 11.8 Å². The fourth-order valence-corrected chi connectivity index (χ4v) is 7.46. The number of nitrogens with zero attached hydrogens (tertiary/aromatic N) is 1. The van der Waals surface area contributed by atoms with Crippen molar-refractivity contribution in [2.45, 2.75) is 117 Å². The molecule has 0 aliphatic rings. The number of benzene rings is 2. The van der Waals surface area contributed by atoms with Crippen molar-refractivity contribution in [2.24, 2.45) is 3.50 Å². The summed E-state index contributed by atoms with van der Waals surface area (Å²) in [6.45, 7) is 26.0. The first-order valence-corrected chi connectivity index (χ1v) is 15.2. The zero-order valence-electron chi connectivity index (χ0n) is 23.9. The van der Waals surface area contributed by atoms with Crippen LogP contribution in [0.1, 0.15) is 113 Å². The first-order valence-electron chi connectivity index (χ1n) is 12.3. The van der Waals surface area contributed by atoms with E-state index in [4.69, 9.17) is 3.50 Å². The van der Waals surface area contributed by atoms with Crippen molar-refractivity contribution in [3.05, 3.63) is 59.7 Å². The van der Waals surface area contributed by atoms with Crippen molar-refractivity contribution in [2.75, 3.05) is 0 Å². The monoisotopic (exact) mass is 553 g/mol. The third-order valence-corrected chi connectivity index (χ3v) is 9.59. The predicted octanol–water partition coefficient (Wildman–Crippen LogP) is 7.20. The van der Waals surface area contributed by atoms with Crippen molar-refractivity contribution in [1.29, 1.82) is 0 Å². The zero-order valence-corrected chi connectivity index (χ0v) is 26.0. The predicted molar refractivity (Wildman–Crippen MR) is 142 cm³/mol. The Bertz CT molecular complexity index is 830. The Morgan fingerprint density at radius 3 is 1.26 bits per heavy atom. The standard InChI is InChI=1S/C12H17N.C6H5.2C4H9O.C4H9.Mo/c1-8(2)10-6-5-7-11(9(3)4)12(10)13;1-2-4-6-5-3-1;2*1-4(2,3)5;1-4(2)3;/h5-9H,1-4H3;1-5H;2*1-3H3;1-3H3;/q;;2*-1;;+2. The van der Waals surface area contributed by atoms with Crippen LogP contribution in [-0.4, -0.2) is 11.2 Å². The molecule has 0 atom stereocenters. The van der Waals surface area contributed by atoms with Gasteiger partial charge in [0.25, 0.3) is 0 Å². The molecule has 2 rings (SSSR count). The summed E-state index contributed by atoms with van der Waals surface area (Å²) >= 11 is -1.89. The topological polar surface area (TPSA) is 58.5 Å². The van der Waals surface area contributed by atoms with E-state index in [1.54, 1.807) is 41.5 Å². The summed E-state index contributed by atoms with van der Waals surface area (Å²) in [5.41, 5.74) is 2.57. The molecular formula is C30H49MoNO2. The van der Waals surface area contributed by atoms with Gasteiger partial charge in [0.15, 0.2) is 0 Å². The minimum atomic E-state index is -1.89. The van der Waals surface area contributed by atoms with Gasteiger partial charge in [-0.3, -0.25) is 0 Å². The summed E-state index contributed by atoms with van der Waals surface area (Å²) < 4.78 is 7.21. The molecule has 0 amide bonds. The van der Waals surface area contributed by atoms with Gasteiger partial charge >= 0.3 is 154 Å². The van der Waals surface area contributed by atoms with Crippen molar-refractivity contribution >= 4 is 9.64 Å². The van der Waals surface area contributed by atoms with Gasteiger partial charge in [0, 0.05) is 0 Å². The van der Waals surface area contributed by atoms with Crippen LogP contribution in [0.3, 0.4) is 0 Å². The molecule has 0 N–H and O–H groups in total. The van der Waals surface area contributed by atoms with E-state index in [-0.39, 0.29) is 3.80 Å². The molecule has 0 bridgehead atoms. The Morgan fingerprint density at radius 2 is 0.971 bits per heavy atom. The molecule has 2 aromatic carbocycles. The van der Waals surface area contributed by atoms with Gasteiger partial charge in [0.1, 0.15) is 0 Å². The van der Waals surface area contributed by atoms with Gasteiger partial charge in [-0.05, 0) is 0 Å². The molecule has 0 aromatic heterocycles. The van der Waals surface area contributed by atoms with E-state index in [0.717, 1.165) is 0 Å². The minimum absolute atomic E-state index is 0.239. The zero-order chi connectivity index (χ0) is 26.9. The van der Waals surface area contributed by atoms with Crippen LogP contribution >= 0.6 is 0 Å². The molecule has 0 heterocycles. The maximum absolute atomic E-state index is 10.1. The van der Waals surface area contributed by atoms with Gasteiger partial charge < -0.3 is 10.2 Å². The van der Waals surface area contributed by atoms with E-state index in [1.165, 1.54) is 20.8 Å². The Labute approximate surface area is 216 Å². The molecule has 0 aliphatic carbocycles. The Morgan fingerprint density at radius 1 is 0.618 bits per heavy atom. The van der Waals surface area contributed by atoms with Gasteiger partial charge in [-0.2, -0.15) is 0 Å². The molecular weight excluding hydrogens is 502 g/mol. The molecule has 0 saturated heterocycles. The Kier molecular flexibility index (Phi) is 13.3. The van der Waals surface area contributed by atoms with Crippen LogP contribution in [0.2, 0.25) is 3.80 Å². The summed E-state index contributed by atoms with van der Waals surface area (Å²) in [6.07, 6.45) is 0. The summed E-state index contributed by atoms with van der Waals surface area (Å²) in [7, 11) is 0. The Hall–Kier alpha value is -1.15. The molecule has 4 heteroatoms. The second-order valence-corrected chi connectivity index (χ2v) is 18.1. The van der Waals surface area contributed by atoms with E-state index < -0.39 is 28.3 Å². The Balaban J connectivity index is 0.000000916. The molecule has 2 aromatic rings. The first kappa shape index (κ1) is 32.8. The number of rotatable bonds is 4. The van der Waals surface area contributed by atoms with E-state index >= 15 is 0 Å². The van der Waals surface area contributed by atoms with Crippen LogP contribution in [0.15, 0.2) is 52.0 Å².